The van der Waals surface area contributed by atoms with E-state index in [1.807, 2.05) is 55.5 Å². The Labute approximate surface area is 135 Å². The lowest BCUT2D eigenvalue weighted by atomic mass is 9.95. The predicted molar refractivity (Wildman–Crippen MR) is 88.6 cm³/mol. The van der Waals surface area contributed by atoms with Crippen LogP contribution in [0.2, 0.25) is 5.02 Å². The van der Waals surface area contributed by atoms with Crippen molar-refractivity contribution in [2.75, 3.05) is 11.9 Å². The molecule has 1 aliphatic rings. The number of hydrogen-bond acceptors (Lipinski definition) is 2. The Morgan fingerprint density at radius 1 is 1.18 bits per heavy atom. The van der Waals surface area contributed by atoms with Crippen molar-refractivity contribution < 1.29 is 9.53 Å². The van der Waals surface area contributed by atoms with Gasteiger partial charge in [-0.15, -0.1) is 0 Å². The normalized spacial score (nSPS) is 15.2. The van der Waals surface area contributed by atoms with Crippen molar-refractivity contribution in [2.24, 2.45) is 0 Å². The molecule has 0 spiro atoms. The van der Waals surface area contributed by atoms with Crippen molar-refractivity contribution in [3.63, 3.8) is 0 Å². The summed E-state index contributed by atoms with van der Waals surface area (Å²) < 4.78 is 5.40. The predicted octanol–water partition coefficient (Wildman–Crippen LogP) is 4.41. The number of benzene rings is 2. The van der Waals surface area contributed by atoms with Crippen LogP contribution < -0.4 is 10.1 Å². The van der Waals surface area contributed by atoms with Gasteiger partial charge in [0.05, 0.1) is 12.0 Å². The fourth-order valence-corrected chi connectivity index (χ4v) is 2.96. The Bertz CT molecular complexity index is 678. The molecule has 2 aromatic carbocycles. The molecule has 0 aromatic heterocycles. The molecule has 0 bridgehead atoms. The smallest absolute Gasteiger partial charge is 0.235 e. The maximum Gasteiger partial charge on any atom is 0.235 e. The molecule has 0 heterocycles. The van der Waals surface area contributed by atoms with Gasteiger partial charge in [0.25, 0.3) is 0 Å². The molecular formula is C18H18ClNO2. The van der Waals surface area contributed by atoms with Crippen molar-refractivity contribution in [3.8, 4) is 5.75 Å². The van der Waals surface area contributed by atoms with E-state index in [0.717, 1.165) is 29.8 Å². The van der Waals surface area contributed by atoms with Gasteiger partial charge < -0.3 is 10.1 Å². The molecule has 1 amide bonds. The van der Waals surface area contributed by atoms with Crippen LogP contribution in [0.1, 0.15) is 25.3 Å². The van der Waals surface area contributed by atoms with Crippen LogP contribution in [0.15, 0.2) is 48.5 Å². The first-order valence-corrected chi connectivity index (χ1v) is 7.83. The lowest BCUT2D eigenvalue weighted by Crippen LogP contribution is -2.28. The average Bonchev–Trinajstić information content (AvgIpc) is 3.32. The van der Waals surface area contributed by atoms with Gasteiger partial charge in [-0.05, 0) is 55.7 Å². The molecule has 2 aromatic rings. The van der Waals surface area contributed by atoms with Crippen LogP contribution in [0, 0.1) is 0 Å². The Kier molecular flexibility index (Phi) is 4.08. The Hall–Kier alpha value is -2.00. The molecule has 4 heteroatoms. The van der Waals surface area contributed by atoms with E-state index >= 15 is 0 Å². The number of carbonyl (C=O) groups excluding carboxylic acids is 1. The van der Waals surface area contributed by atoms with Gasteiger partial charge in [-0.1, -0.05) is 29.8 Å². The first kappa shape index (κ1) is 14.9. The fourth-order valence-electron chi connectivity index (χ4n) is 2.64. The van der Waals surface area contributed by atoms with Crippen LogP contribution in [0.5, 0.6) is 5.75 Å². The molecule has 1 N–H and O–H groups in total. The Morgan fingerprint density at radius 3 is 2.45 bits per heavy atom. The monoisotopic (exact) mass is 315 g/mol. The van der Waals surface area contributed by atoms with Crippen molar-refractivity contribution >= 4 is 23.2 Å². The number of rotatable bonds is 5. The summed E-state index contributed by atoms with van der Waals surface area (Å²) in [5.41, 5.74) is 1.21. The third kappa shape index (κ3) is 2.81. The number of halogens is 1. The van der Waals surface area contributed by atoms with Crippen LogP contribution in [-0.2, 0) is 10.2 Å². The highest BCUT2D eigenvalue weighted by atomic mass is 35.5. The van der Waals surface area contributed by atoms with Gasteiger partial charge in [0.2, 0.25) is 5.91 Å². The zero-order valence-corrected chi connectivity index (χ0v) is 13.2. The van der Waals surface area contributed by atoms with Crippen LogP contribution in [0.25, 0.3) is 0 Å². The van der Waals surface area contributed by atoms with E-state index in [0.29, 0.717) is 11.6 Å². The molecule has 0 aliphatic heterocycles. The van der Waals surface area contributed by atoms with Crippen molar-refractivity contribution in [2.45, 2.75) is 25.2 Å². The van der Waals surface area contributed by atoms with Gasteiger partial charge in [0, 0.05) is 10.7 Å². The number of anilines is 1. The second-order valence-electron chi connectivity index (χ2n) is 5.47. The topological polar surface area (TPSA) is 38.3 Å². The van der Waals surface area contributed by atoms with E-state index in [1.54, 1.807) is 0 Å². The molecule has 1 aliphatic carbocycles. The number of ether oxygens (including phenoxy) is 1. The summed E-state index contributed by atoms with van der Waals surface area (Å²) in [6, 6.07) is 15.0. The minimum absolute atomic E-state index is 0.00441. The summed E-state index contributed by atoms with van der Waals surface area (Å²) in [6.45, 7) is 2.57. The average molecular weight is 316 g/mol. The van der Waals surface area contributed by atoms with E-state index in [9.17, 15) is 4.79 Å². The highest BCUT2D eigenvalue weighted by Crippen LogP contribution is 2.51. The maximum absolute atomic E-state index is 12.7. The standard InChI is InChI=1S/C18H18ClNO2/c1-2-22-14-9-7-13(8-10-14)20-17(21)18(11-12-18)15-5-3-4-6-16(15)19/h3-10H,2,11-12H2,1H3,(H,20,21). The highest BCUT2D eigenvalue weighted by molar-refractivity contribution is 6.32. The van der Waals surface area contributed by atoms with E-state index in [1.165, 1.54) is 0 Å². The Balaban J connectivity index is 1.76. The third-order valence-electron chi connectivity index (χ3n) is 4.00. The Morgan fingerprint density at radius 2 is 1.86 bits per heavy atom. The SMILES string of the molecule is CCOc1ccc(NC(=O)C2(c3ccccc3Cl)CC2)cc1. The molecule has 0 radical (unpaired) electrons. The maximum atomic E-state index is 12.7. The van der Waals surface area contributed by atoms with Crippen molar-refractivity contribution in [1.29, 1.82) is 0 Å². The second kappa shape index (κ2) is 6.01. The zero-order chi connectivity index (χ0) is 15.6. The van der Waals surface area contributed by atoms with E-state index in [4.69, 9.17) is 16.3 Å². The van der Waals surface area contributed by atoms with Crippen LogP contribution in [-0.4, -0.2) is 12.5 Å². The summed E-state index contributed by atoms with van der Waals surface area (Å²) in [4.78, 5) is 12.7. The minimum atomic E-state index is -0.475. The van der Waals surface area contributed by atoms with Gasteiger partial charge >= 0.3 is 0 Å². The van der Waals surface area contributed by atoms with Gasteiger partial charge in [0.1, 0.15) is 5.75 Å². The van der Waals surface area contributed by atoms with Crippen molar-refractivity contribution in [1.82, 2.24) is 0 Å². The van der Waals surface area contributed by atoms with Gasteiger partial charge in [0.15, 0.2) is 0 Å². The van der Waals surface area contributed by atoms with E-state index in [-0.39, 0.29) is 5.91 Å². The second-order valence-corrected chi connectivity index (χ2v) is 5.88. The van der Waals surface area contributed by atoms with Crippen LogP contribution in [0.3, 0.4) is 0 Å². The summed E-state index contributed by atoms with van der Waals surface area (Å²) >= 11 is 6.25. The summed E-state index contributed by atoms with van der Waals surface area (Å²) in [5, 5.41) is 3.64. The molecule has 3 rings (SSSR count). The van der Waals surface area contributed by atoms with E-state index < -0.39 is 5.41 Å². The highest BCUT2D eigenvalue weighted by Gasteiger charge is 2.52. The first-order valence-electron chi connectivity index (χ1n) is 7.45. The van der Waals surface area contributed by atoms with Crippen LogP contribution in [0.4, 0.5) is 5.69 Å². The van der Waals surface area contributed by atoms with Gasteiger partial charge in [-0.3, -0.25) is 4.79 Å². The molecule has 0 atom stereocenters. The third-order valence-corrected chi connectivity index (χ3v) is 4.33. The lowest BCUT2D eigenvalue weighted by molar-refractivity contribution is -0.118. The minimum Gasteiger partial charge on any atom is -0.494 e. The molecule has 114 valence electrons. The number of carbonyl (C=O) groups is 1. The molecule has 0 saturated heterocycles. The van der Waals surface area contributed by atoms with Crippen molar-refractivity contribution in [3.05, 3.63) is 59.1 Å². The summed E-state index contributed by atoms with van der Waals surface area (Å²) in [5.74, 6) is 0.803. The molecule has 1 saturated carbocycles. The summed E-state index contributed by atoms with van der Waals surface area (Å²) in [7, 11) is 0. The largest absolute Gasteiger partial charge is 0.494 e. The quantitative estimate of drug-likeness (QED) is 0.887. The molecule has 22 heavy (non-hydrogen) atoms. The van der Waals surface area contributed by atoms with Gasteiger partial charge in [-0.25, -0.2) is 0 Å². The number of hydrogen-bond donors (Lipinski definition) is 1. The number of nitrogens with one attached hydrogen (secondary N) is 1. The molecule has 1 fully saturated rings. The fraction of sp³-hybridized carbons (Fsp3) is 0.278. The zero-order valence-electron chi connectivity index (χ0n) is 12.4. The summed E-state index contributed by atoms with van der Waals surface area (Å²) in [6.07, 6.45) is 1.67. The first-order chi connectivity index (χ1) is 10.7. The number of amides is 1. The molecule has 3 nitrogen and oxygen atoms in total. The lowest BCUT2D eigenvalue weighted by Gasteiger charge is -2.17. The molecular weight excluding hydrogens is 298 g/mol. The molecule has 0 unspecified atom stereocenters. The van der Waals surface area contributed by atoms with Crippen LogP contribution >= 0.6 is 11.6 Å². The van der Waals surface area contributed by atoms with Gasteiger partial charge in [-0.2, -0.15) is 0 Å². The van der Waals surface area contributed by atoms with E-state index in [2.05, 4.69) is 5.32 Å².